The van der Waals surface area contributed by atoms with Crippen LogP contribution >= 0.6 is 0 Å². The van der Waals surface area contributed by atoms with Crippen molar-refractivity contribution in [2.45, 2.75) is 78.7 Å². The van der Waals surface area contributed by atoms with Gasteiger partial charge in [-0.3, -0.25) is 4.79 Å². The van der Waals surface area contributed by atoms with E-state index in [1.165, 1.54) is 74.3 Å². The minimum absolute atomic E-state index is 0.195. The Bertz CT molecular complexity index is 735. The topological polar surface area (TPSA) is 25.2 Å². The predicted molar refractivity (Wildman–Crippen MR) is 110 cm³/mol. The first-order valence-electron chi connectivity index (χ1n) is 10.7. The molecule has 0 spiro atoms. The fourth-order valence-electron chi connectivity index (χ4n) is 4.72. The Hall–Kier alpha value is -1.35. The molecule has 2 heterocycles. The summed E-state index contributed by atoms with van der Waals surface area (Å²) in [4.78, 5) is 14.7. The molecule has 0 saturated carbocycles. The van der Waals surface area contributed by atoms with E-state index in [0.717, 1.165) is 30.9 Å². The molecule has 1 aromatic heterocycles. The normalized spacial score (nSPS) is 18.7. The number of aryl methyl sites for hydroxylation is 1. The molecule has 1 aromatic rings. The second-order valence-electron chi connectivity index (χ2n) is 8.36. The van der Waals surface area contributed by atoms with Crippen molar-refractivity contribution < 1.29 is 4.79 Å². The first-order valence-corrected chi connectivity index (χ1v) is 10.7. The Morgan fingerprint density at radius 3 is 2.65 bits per heavy atom. The second-order valence-corrected chi connectivity index (χ2v) is 8.36. The van der Waals surface area contributed by atoms with Gasteiger partial charge in [0, 0.05) is 28.9 Å². The monoisotopic (exact) mass is 356 g/mol. The van der Waals surface area contributed by atoms with Crippen LogP contribution in [0.3, 0.4) is 0 Å². The molecule has 144 valence electrons. The van der Waals surface area contributed by atoms with E-state index in [9.17, 15) is 4.79 Å². The van der Waals surface area contributed by atoms with Gasteiger partial charge in [-0.1, -0.05) is 32.3 Å². The maximum atomic E-state index is 12.0. The van der Waals surface area contributed by atoms with Crippen LogP contribution in [-0.2, 0) is 6.54 Å². The SMILES string of the molecule is CCCCC1CCN(CCCn2cc(C(C)=O)c3c2=C(C)CCC=3)CC1. The summed E-state index contributed by atoms with van der Waals surface area (Å²) in [5.41, 5.74) is 2.35. The fraction of sp³-hybridized carbons (Fsp3) is 0.696. The number of unbranched alkanes of at least 4 members (excludes halogenated alkanes) is 1. The minimum Gasteiger partial charge on any atom is -0.347 e. The van der Waals surface area contributed by atoms with E-state index in [-0.39, 0.29) is 5.78 Å². The van der Waals surface area contributed by atoms with Crippen LogP contribution < -0.4 is 10.6 Å². The van der Waals surface area contributed by atoms with Crippen molar-refractivity contribution in [2.24, 2.45) is 5.92 Å². The number of carbonyl (C=O) groups is 1. The molecule has 3 nitrogen and oxygen atoms in total. The molecule has 0 N–H and O–H groups in total. The van der Waals surface area contributed by atoms with Crippen molar-refractivity contribution in [1.82, 2.24) is 9.47 Å². The number of Topliss-reactive ketones (excluding diaryl/α,β-unsaturated/α-hetero) is 1. The Labute approximate surface area is 158 Å². The van der Waals surface area contributed by atoms with Crippen molar-refractivity contribution in [3.05, 3.63) is 22.3 Å². The lowest BCUT2D eigenvalue weighted by molar-refractivity contribution is 0.101. The summed E-state index contributed by atoms with van der Waals surface area (Å²) in [6, 6.07) is 0. The molecule has 1 saturated heterocycles. The summed E-state index contributed by atoms with van der Waals surface area (Å²) < 4.78 is 2.35. The van der Waals surface area contributed by atoms with Crippen molar-refractivity contribution in [3.63, 3.8) is 0 Å². The Balaban J connectivity index is 1.57. The molecule has 0 unspecified atom stereocenters. The number of aromatic nitrogens is 1. The lowest BCUT2D eigenvalue weighted by Gasteiger charge is -2.32. The minimum atomic E-state index is 0.195. The molecular weight excluding hydrogens is 320 g/mol. The van der Waals surface area contributed by atoms with E-state index < -0.39 is 0 Å². The van der Waals surface area contributed by atoms with Crippen LogP contribution in [0.15, 0.2) is 6.20 Å². The van der Waals surface area contributed by atoms with Crippen LogP contribution in [-0.4, -0.2) is 34.9 Å². The average Bonchev–Trinajstić information content (AvgIpc) is 3.01. The quantitative estimate of drug-likeness (QED) is 0.663. The molecular formula is C23H36N2O. The summed E-state index contributed by atoms with van der Waals surface area (Å²) in [5, 5.41) is 2.51. The Kier molecular flexibility index (Phi) is 6.74. The Morgan fingerprint density at radius 1 is 1.19 bits per heavy atom. The lowest BCUT2D eigenvalue weighted by atomic mass is 9.91. The summed E-state index contributed by atoms with van der Waals surface area (Å²) in [6.07, 6.45) is 14.7. The van der Waals surface area contributed by atoms with Gasteiger partial charge in [-0.05, 0) is 77.1 Å². The molecule has 1 aliphatic carbocycles. The van der Waals surface area contributed by atoms with E-state index >= 15 is 0 Å². The van der Waals surface area contributed by atoms with Crippen molar-refractivity contribution in [2.75, 3.05) is 19.6 Å². The molecule has 26 heavy (non-hydrogen) atoms. The fourth-order valence-corrected chi connectivity index (χ4v) is 4.72. The van der Waals surface area contributed by atoms with Crippen LogP contribution in [0.4, 0.5) is 0 Å². The summed E-state index contributed by atoms with van der Waals surface area (Å²) in [5.74, 6) is 1.16. The molecule has 0 amide bonds. The zero-order chi connectivity index (χ0) is 18.5. The van der Waals surface area contributed by atoms with Crippen LogP contribution in [0.2, 0.25) is 0 Å². The van der Waals surface area contributed by atoms with Gasteiger partial charge in [0.05, 0.1) is 0 Å². The molecule has 0 aromatic carbocycles. The third kappa shape index (κ3) is 4.49. The highest BCUT2D eigenvalue weighted by atomic mass is 16.1. The van der Waals surface area contributed by atoms with Crippen molar-refractivity contribution in [1.29, 1.82) is 0 Å². The molecule has 1 aliphatic heterocycles. The third-order valence-corrected chi connectivity index (χ3v) is 6.32. The maximum absolute atomic E-state index is 12.0. The number of fused-ring (bicyclic) bond motifs is 1. The number of nitrogens with zero attached hydrogens (tertiary/aromatic N) is 2. The van der Waals surface area contributed by atoms with Crippen molar-refractivity contribution >= 4 is 17.4 Å². The van der Waals surface area contributed by atoms with Crippen LogP contribution in [0.5, 0.6) is 0 Å². The molecule has 0 radical (unpaired) electrons. The highest BCUT2D eigenvalue weighted by molar-refractivity contribution is 5.94. The van der Waals surface area contributed by atoms with E-state index in [1.54, 1.807) is 6.92 Å². The summed E-state index contributed by atoms with van der Waals surface area (Å²) >= 11 is 0. The standard InChI is InChI=1S/C23H36N2O/c1-4-5-9-20-11-15-24(16-12-20)13-7-14-25-17-22(19(3)26)21-10-6-8-18(2)23(21)25/h10,17,20H,4-9,11-16H2,1-3H3. The zero-order valence-electron chi connectivity index (χ0n) is 17.0. The number of likely N-dealkylation sites (tertiary alicyclic amines) is 1. The van der Waals surface area contributed by atoms with Gasteiger partial charge in [0.1, 0.15) is 0 Å². The molecule has 2 aliphatic rings. The number of hydrogen-bond acceptors (Lipinski definition) is 2. The van der Waals surface area contributed by atoms with E-state index in [2.05, 4.69) is 35.6 Å². The van der Waals surface area contributed by atoms with Gasteiger partial charge < -0.3 is 9.47 Å². The molecule has 0 bridgehead atoms. The number of rotatable bonds is 8. The van der Waals surface area contributed by atoms with E-state index in [1.807, 2.05) is 0 Å². The third-order valence-electron chi connectivity index (χ3n) is 6.32. The smallest absolute Gasteiger partial charge is 0.161 e. The molecule has 3 heteroatoms. The molecule has 0 atom stereocenters. The number of hydrogen-bond donors (Lipinski definition) is 0. The first kappa shape index (κ1) is 19.4. The van der Waals surface area contributed by atoms with Gasteiger partial charge in [-0.2, -0.15) is 0 Å². The van der Waals surface area contributed by atoms with Gasteiger partial charge in [0.15, 0.2) is 5.78 Å². The highest BCUT2D eigenvalue weighted by Crippen LogP contribution is 2.22. The van der Waals surface area contributed by atoms with Gasteiger partial charge in [-0.15, -0.1) is 0 Å². The van der Waals surface area contributed by atoms with Gasteiger partial charge >= 0.3 is 0 Å². The summed E-state index contributed by atoms with van der Waals surface area (Å²) in [7, 11) is 0. The number of ketones is 1. The maximum Gasteiger partial charge on any atom is 0.161 e. The zero-order valence-corrected chi connectivity index (χ0v) is 17.0. The second kappa shape index (κ2) is 9.03. The lowest BCUT2D eigenvalue weighted by Crippen LogP contribution is -2.37. The van der Waals surface area contributed by atoms with Gasteiger partial charge in [-0.25, -0.2) is 0 Å². The van der Waals surface area contributed by atoms with Crippen LogP contribution in [0, 0.1) is 5.92 Å². The van der Waals surface area contributed by atoms with Gasteiger partial charge in [0.2, 0.25) is 0 Å². The molecule has 1 fully saturated rings. The number of carbonyl (C=O) groups excluding carboxylic acids is 1. The van der Waals surface area contributed by atoms with Crippen molar-refractivity contribution in [3.8, 4) is 0 Å². The largest absolute Gasteiger partial charge is 0.347 e. The molecule has 3 rings (SSSR count). The first-order chi connectivity index (χ1) is 12.6. The summed E-state index contributed by atoms with van der Waals surface area (Å²) in [6.45, 7) is 11.0. The predicted octanol–water partition coefficient (Wildman–Crippen LogP) is 3.73. The highest BCUT2D eigenvalue weighted by Gasteiger charge is 2.18. The van der Waals surface area contributed by atoms with E-state index in [4.69, 9.17) is 0 Å². The number of piperidine rings is 1. The van der Waals surface area contributed by atoms with Crippen LogP contribution in [0.25, 0.3) is 11.6 Å². The Morgan fingerprint density at radius 2 is 1.96 bits per heavy atom. The van der Waals surface area contributed by atoms with Crippen LogP contribution in [0.1, 0.15) is 82.5 Å². The van der Waals surface area contributed by atoms with E-state index in [0.29, 0.717) is 0 Å². The average molecular weight is 357 g/mol. The van der Waals surface area contributed by atoms with Gasteiger partial charge in [0.25, 0.3) is 0 Å².